The van der Waals surface area contributed by atoms with Gasteiger partial charge in [0, 0.05) is 13.2 Å². The quantitative estimate of drug-likeness (QED) is 0.410. The predicted molar refractivity (Wildman–Crippen MR) is 85.3 cm³/mol. The first-order valence-electron chi connectivity index (χ1n) is 7.94. The molecule has 0 radical (unpaired) electrons. The van der Waals surface area contributed by atoms with Gasteiger partial charge < -0.3 is 35.0 Å². The molecule has 24 heavy (non-hydrogen) atoms. The fourth-order valence-electron chi connectivity index (χ4n) is 3.36. The minimum absolute atomic E-state index is 0. The molecule has 0 aromatic rings. The molecule has 0 saturated carbocycles. The second kappa shape index (κ2) is 12.7. The van der Waals surface area contributed by atoms with Crippen LogP contribution in [0.2, 0.25) is 0 Å². The summed E-state index contributed by atoms with van der Waals surface area (Å²) in [5, 5.41) is 18.1. The van der Waals surface area contributed by atoms with Gasteiger partial charge in [-0.3, -0.25) is 12.2 Å². The molecule has 0 spiro atoms. The zero-order valence-electron chi connectivity index (χ0n) is 14.5. The van der Waals surface area contributed by atoms with Gasteiger partial charge in [-0.05, 0) is 12.8 Å². The Kier molecular flexibility index (Phi) is 14.0. The number of halogens is 2. The molecular weight excluding hydrogens is 422 g/mol. The Hall–Kier alpha value is 0.343. The average Bonchev–Trinajstić information content (AvgIpc) is 3.11. The zero-order valence-corrected chi connectivity index (χ0v) is 18.4. The largest absolute Gasteiger partial charge is 4.00 e. The molecular formula is C19H26Cl2O2Zr. The molecule has 0 bridgehead atoms. The summed E-state index contributed by atoms with van der Waals surface area (Å²) in [5.41, 5.74) is 5.20. The third-order valence-electron chi connectivity index (χ3n) is 4.41. The van der Waals surface area contributed by atoms with Crippen LogP contribution in [0.5, 0.6) is 0 Å². The van der Waals surface area contributed by atoms with E-state index in [0.717, 1.165) is 38.5 Å². The fourth-order valence-corrected chi connectivity index (χ4v) is 3.36. The van der Waals surface area contributed by atoms with Crippen molar-refractivity contribution in [2.45, 2.75) is 52.4 Å². The normalized spacial score (nSPS) is 16.2. The van der Waals surface area contributed by atoms with Crippen molar-refractivity contribution >= 4 is 0 Å². The standard InChI is InChI=1S/C19H26O2.2ClH.Zr/c1-19(2,17-11-3-7-15(17)9-5-13-20)18-12-4-8-16(18)10-6-14-21;;;/h11-12,20-21H,3-6,9-10,13-14H2,1-2H3;2*1H;/q-2;;;+4/p-2. The predicted octanol–water partition coefficient (Wildman–Crippen LogP) is -2.32. The Labute approximate surface area is 178 Å². The van der Waals surface area contributed by atoms with Crippen molar-refractivity contribution in [1.82, 2.24) is 0 Å². The second-order valence-corrected chi connectivity index (χ2v) is 6.23. The second-order valence-electron chi connectivity index (χ2n) is 6.23. The van der Waals surface area contributed by atoms with Crippen molar-refractivity contribution in [3.8, 4) is 0 Å². The monoisotopic (exact) mass is 446 g/mol. The molecule has 0 fully saturated rings. The number of hydrogen-bond acceptors (Lipinski definition) is 2. The first-order valence-corrected chi connectivity index (χ1v) is 7.94. The van der Waals surface area contributed by atoms with Crippen molar-refractivity contribution < 1.29 is 61.2 Å². The Morgan fingerprint density at radius 1 is 0.875 bits per heavy atom. The molecule has 0 aromatic heterocycles. The maximum atomic E-state index is 9.06. The van der Waals surface area contributed by atoms with Gasteiger partial charge in [0.1, 0.15) is 0 Å². The molecule has 0 heterocycles. The number of rotatable bonds is 8. The molecule has 0 atom stereocenters. The number of hydrogen-bond donors (Lipinski definition) is 2. The van der Waals surface area contributed by atoms with Gasteiger partial charge in [0.15, 0.2) is 0 Å². The maximum Gasteiger partial charge on any atom is 4.00 e. The van der Waals surface area contributed by atoms with Crippen molar-refractivity contribution in [2.24, 2.45) is 5.41 Å². The Balaban J connectivity index is 0. The molecule has 0 unspecified atom stereocenters. The van der Waals surface area contributed by atoms with Gasteiger partial charge in [-0.25, -0.2) is 22.3 Å². The summed E-state index contributed by atoms with van der Waals surface area (Å²) in [6, 6.07) is 0. The molecule has 0 aliphatic heterocycles. The van der Waals surface area contributed by atoms with Gasteiger partial charge in [-0.15, -0.1) is 18.3 Å². The summed E-state index contributed by atoms with van der Waals surface area (Å²) in [7, 11) is 0. The van der Waals surface area contributed by atoms with E-state index in [4.69, 9.17) is 10.2 Å². The molecule has 2 N–H and O–H groups in total. The minimum Gasteiger partial charge on any atom is -1.00 e. The number of aliphatic hydroxyl groups is 2. The van der Waals surface area contributed by atoms with Crippen molar-refractivity contribution in [1.29, 1.82) is 0 Å². The van der Waals surface area contributed by atoms with Gasteiger partial charge >= 0.3 is 26.2 Å². The third-order valence-corrected chi connectivity index (χ3v) is 4.41. The summed E-state index contributed by atoms with van der Waals surface area (Å²) in [6.07, 6.45) is 16.6. The molecule has 5 heteroatoms. The van der Waals surface area contributed by atoms with Crippen LogP contribution in [-0.2, 0) is 26.2 Å². The van der Waals surface area contributed by atoms with E-state index in [9.17, 15) is 0 Å². The topological polar surface area (TPSA) is 40.5 Å². The summed E-state index contributed by atoms with van der Waals surface area (Å²) < 4.78 is 0. The van der Waals surface area contributed by atoms with Gasteiger partial charge in [-0.1, -0.05) is 26.7 Å². The van der Waals surface area contributed by atoms with E-state index < -0.39 is 0 Å². The van der Waals surface area contributed by atoms with Crippen molar-refractivity contribution in [3.63, 3.8) is 0 Å². The van der Waals surface area contributed by atoms with Crippen molar-refractivity contribution in [3.05, 3.63) is 46.6 Å². The Bertz CT molecular complexity index is 461. The molecule has 0 saturated heterocycles. The van der Waals surface area contributed by atoms with Crippen LogP contribution < -0.4 is 24.8 Å². The number of aliphatic hydroxyl groups excluding tert-OH is 2. The van der Waals surface area contributed by atoms with E-state index in [0.29, 0.717) is 0 Å². The maximum absolute atomic E-state index is 9.06. The van der Waals surface area contributed by atoms with Gasteiger partial charge in [0.2, 0.25) is 0 Å². The fraction of sp³-hybridized carbons (Fsp3) is 0.579. The van der Waals surface area contributed by atoms with E-state index in [1.54, 1.807) is 0 Å². The summed E-state index contributed by atoms with van der Waals surface area (Å²) in [4.78, 5) is 0. The minimum atomic E-state index is -0.0391. The molecule has 2 aliphatic carbocycles. The SMILES string of the molecule is CC(C)(C1=CC[C-]=C1CCCO)C1=CC[C-]=C1CCCO.[Cl-].[Cl-].[Zr+4]. The van der Waals surface area contributed by atoms with Crippen LogP contribution >= 0.6 is 0 Å². The summed E-state index contributed by atoms with van der Waals surface area (Å²) in [5.74, 6) is 0. The molecule has 0 aromatic carbocycles. The van der Waals surface area contributed by atoms with Gasteiger partial charge in [-0.2, -0.15) is 12.2 Å². The van der Waals surface area contributed by atoms with Gasteiger partial charge in [0.25, 0.3) is 0 Å². The van der Waals surface area contributed by atoms with Crippen LogP contribution in [0.25, 0.3) is 0 Å². The van der Waals surface area contributed by atoms with Crippen LogP contribution in [0, 0.1) is 17.6 Å². The van der Waals surface area contributed by atoms with Crippen LogP contribution in [0.1, 0.15) is 52.4 Å². The molecule has 2 aliphatic rings. The van der Waals surface area contributed by atoms with Crippen LogP contribution in [0.4, 0.5) is 0 Å². The van der Waals surface area contributed by atoms with E-state index in [2.05, 4.69) is 38.2 Å². The van der Waals surface area contributed by atoms with E-state index in [1.165, 1.54) is 22.3 Å². The Morgan fingerprint density at radius 3 is 1.58 bits per heavy atom. The van der Waals surface area contributed by atoms with Crippen LogP contribution in [0.15, 0.2) is 34.4 Å². The molecule has 132 valence electrons. The van der Waals surface area contributed by atoms with Crippen molar-refractivity contribution in [2.75, 3.05) is 13.2 Å². The first kappa shape index (κ1) is 26.6. The van der Waals surface area contributed by atoms with E-state index in [-0.39, 0.29) is 69.6 Å². The molecule has 0 amide bonds. The summed E-state index contributed by atoms with van der Waals surface area (Å²) >= 11 is 0. The molecule has 2 nitrogen and oxygen atoms in total. The molecule has 2 rings (SSSR count). The van der Waals surface area contributed by atoms with Crippen LogP contribution in [0.3, 0.4) is 0 Å². The van der Waals surface area contributed by atoms with E-state index in [1.807, 2.05) is 0 Å². The smallest absolute Gasteiger partial charge is 1.00 e. The van der Waals surface area contributed by atoms with E-state index >= 15 is 0 Å². The summed E-state index contributed by atoms with van der Waals surface area (Å²) in [6.45, 7) is 5.00. The third kappa shape index (κ3) is 6.25. The number of allylic oxidation sites excluding steroid dienone is 8. The average molecular weight is 449 g/mol. The van der Waals surface area contributed by atoms with Crippen LogP contribution in [-0.4, -0.2) is 23.4 Å². The first-order chi connectivity index (χ1) is 10.1. The Morgan fingerprint density at radius 2 is 1.25 bits per heavy atom. The van der Waals surface area contributed by atoms with Gasteiger partial charge in [0.05, 0.1) is 0 Å². The zero-order chi connectivity index (χ0) is 15.3.